The maximum atomic E-state index is 12.1. The van der Waals surface area contributed by atoms with Gasteiger partial charge in [-0.2, -0.15) is 0 Å². The van der Waals surface area contributed by atoms with Crippen molar-refractivity contribution in [2.75, 3.05) is 14.1 Å². The summed E-state index contributed by atoms with van der Waals surface area (Å²) in [6.07, 6.45) is 6.48. The van der Waals surface area contributed by atoms with E-state index in [1.54, 1.807) is 0 Å². The molecule has 0 radical (unpaired) electrons. The van der Waals surface area contributed by atoms with Crippen LogP contribution in [0.2, 0.25) is 0 Å². The second-order valence-electron chi connectivity index (χ2n) is 8.44. The quantitative estimate of drug-likeness (QED) is 0.747. The molecular weight excluding hydrogens is 368 g/mol. The molecule has 6 nitrogen and oxygen atoms in total. The maximum Gasteiger partial charge on any atom is 0.309 e. The van der Waals surface area contributed by atoms with E-state index in [-0.39, 0.29) is 6.42 Å². The molecule has 1 saturated carbocycles. The molecule has 0 amide bonds. The first-order valence-corrected chi connectivity index (χ1v) is 10.1. The Labute approximate surface area is 169 Å². The van der Waals surface area contributed by atoms with Crippen molar-refractivity contribution in [1.29, 1.82) is 0 Å². The standard InChI is InChI=1S/C23H26N2O4/c1-25(2)22(17(23(28)29)10-19(26)27)21-14-8-7-13(9-14)20(21)18-12-24-11-15-5-3-4-6-16(15)18/h3-6,11-14,17,22H,7-10H2,1-2H3,(H,26,27)(H,28,29). The van der Waals surface area contributed by atoms with Gasteiger partial charge in [-0.1, -0.05) is 24.3 Å². The van der Waals surface area contributed by atoms with Gasteiger partial charge in [0, 0.05) is 29.4 Å². The molecule has 0 spiro atoms. The Bertz CT molecular complexity index is 992. The van der Waals surface area contributed by atoms with Crippen LogP contribution < -0.4 is 0 Å². The molecule has 6 heteroatoms. The predicted molar refractivity (Wildman–Crippen MR) is 110 cm³/mol. The smallest absolute Gasteiger partial charge is 0.309 e. The van der Waals surface area contributed by atoms with Crippen LogP contribution in [-0.4, -0.2) is 52.2 Å². The zero-order valence-electron chi connectivity index (χ0n) is 16.7. The molecule has 1 aromatic heterocycles. The second-order valence-corrected chi connectivity index (χ2v) is 8.44. The SMILES string of the molecule is CN(C)C(C1=C(c2cncc3ccccc23)C2CCC1C2)C(CC(=O)O)C(=O)O. The fraction of sp³-hybridized carbons (Fsp3) is 0.435. The van der Waals surface area contributed by atoms with E-state index in [0.717, 1.165) is 41.2 Å². The topological polar surface area (TPSA) is 90.7 Å². The Hall–Kier alpha value is -2.73. The number of carboxylic acid groups (broad SMARTS) is 2. The first-order chi connectivity index (χ1) is 13.9. The lowest BCUT2D eigenvalue weighted by Gasteiger charge is -2.35. The number of benzene rings is 1. The molecular formula is C23H26N2O4. The summed E-state index contributed by atoms with van der Waals surface area (Å²) in [5, 5.41) is 21.4. The van der Waals surface area contributed by atoms with Crippen molar-refractivity contribution in [2.45, 2.75) is 31.7 Å². The number of likely N-dealkylation sites (N-methyl/N-ethyl adjacent to an activating group) is 1. The van der Waals surface area contributed by atoms with Crippen LogP contribution in [0.5, 0.6) is 0 Å². The molecule has 29 heavy (non-hydrogen) atoms. The van der Waals surface area contributed by atoms with E-state index in [9.17, 15) is 19.8 Å². The van der Waals surface area contributed by atoms with Crippen LogP contribution in [0.25, 0.3) is 16.3 Å². The van der Waals surface area contributed by atoms with Crippen LogP contribution in [0.4, 0.5) is 0 Å². The minimum Gasteiger partial charge on any atom is -0.481 e. The van der Waals surface area contributed by atoms with Gasteiger partial charge in [0.1, 0.15) is 0 Å². The van der Waals surface area contributed by atoms with E-state index in [1.807, 2.05) is 49.6 Å². The number of rotatable bonds is 7. The van der Waals surface area contributed by atoms with Crippen molar-refractivity contribution in [3.8, 4) is 0 Å². The van der Waals surface area contributed by atoms with E-state index in [1.165, 1.54) is 5.57 Å². The molecule has 0 aliphatic heterocycles. The number of aromatic nitrogens is 1. The van der Waals surface area contributed by atoms with Gasteiger partial charge in [0.2, 0.25) is 0 Å². The van der Waals surface area contributed by atoms with Crippen LogP contribution in [0, 0.1) is 17.8 Å². The molecule has 4 atom stereocenters. The molecule has 1 heterocycles. The average Bonchev–Trinajstić information content (AvgIpc) is 3.28. The number of fused-ring (bicyclic) bond motifs is 3. The summed E-state index contributed by atoms with van der Waals surface area (Å²) in [4.78, 5) is 29.8. The average molecular weight is 394 g/mol. The zero-order chi connectivity index (χ0) is 20.7. The Morgan fingerprint density at radius 2 is 1.86 bits per heavy atom. The normalized spacial score (nSPS) is 23.0. The van der Waals surface area contributed by atoms with Gasteiger partial charge in [0.05, 0.1) is 12.3 Å². The highest BCUT2D eigenvalue weighted by atomic mass is 16.4. The van der Waals surface area contributed by atoms with E-state index >= 15 is 0 Å². The third-order valence-electron chi connectivity index (χ3n) is 6.52. The van der Waals surface area contributed by atoms with Gasteiger partial charge in [-0.15, -0.1) is 0 Å². The van der Waals surface area contributed by atoms with Gasteiger partial charge in [-0.05, 0) is 61.7 Å². The van der Waals surface area contributed by atoms with Gasteiger partial charge < -0.3 is 15.1 Å². The van der Waals surface area contributed by atoms with Crippen LogP contribution >= 0.6 is 0 Å². The molecule has 2 bridgehead atoms. The van der Waals surface area contributed by atoms with Gasteiger partial charge in [0.15, 0.2) is 0 Å². The van der Waals surface area contributed by atoms with Crippen molar-refractivity contribution in [3.63, 3.8) is 0 Å². The fourth-order valence-electron chi connectivity index (χ4n) is 5.47. The number of hydrogen-bond acceptors (Lipinski definition) is 4. The Balaban J connectivity index is 1.93. The van der Waals surface area contributed by atoms with E-state index in [2.05, 4.69) is 11.1 Å². The van der Waals surface area contributed by atoms with Crippen molar-refractivity contribution in [1.82, 2.24) is 9.88 Å². The molecule has 2 aliphatic carbocycles. The highest BCUT2D eigenvalue weighted by Gasteiger charge is 2.47. The summed E-state index contributed by atoms with van der Waals surface area (Å²) < 4.78 is 0. The number of aliphatic carboxylic acids is 2. The summed E-state index contributed by atoms with van der Waals surface area (Å²) >= 11 is 0. The minimum atomic E-state index is -1.08. The largest absolute Gasteiger partial charge is 0.481 e. The third-order valence-corrected chi connectivity index (χ3v) is 6.52. The predicted octanol–water partition coefficient (Wildman–Crippen LogP) is 3.52. The van der Waals surface area contributed by atoms with Crippen molar-refractivity contribution >= 4 is 28.3 Å². The number of carboxylic acids is 2. The fourth-order valence-corrected chi connectivity index (χ4v) is 5.47. The van der Waals surface area contributed by atoms with Crippen LogP contribution in [-0.2, 0) is 9.59 Å². The third kappa shape index (κ3) is 3.42. The maximum absolute atomic E-state index is 12.1. The number of nitrogens with zero attached hydrogens (tertiary/aromatic N) is 2. The Morgan fingerprint density at radius 3 is 2.55 bits per heavy atom. The summed E-state index contributed by atoms with van der Waals surface area (Å²) in [5.74, 6) is -2.45. The number of allylic oxidation sites excluding steroid dienone is 1. The van der Waals surface area contributed by atoms with E-state index in [4.69, 9.17) is 0 Å². The monoisotopic (exact) mass is 394 g/mol. The zero-order valence-corrected chi connectivity index (χ0v) is 16.7. The molecule has 1 aromatic carbocycles. The molecule has 2 aliphatic rings. The van der Waals surface area contributed by atoms with E-state index in [0.29, 0.717) is 11.8 Å². The van der Waals surface area contributed by atoms with Gasteiger partial charge in [-0.3, -0.25) is 14.6 Å². The number of carbonyl (C=O) groups is 2. The number of hydrogen-bond donors (Lipinski definition) is 2. The van der Waals surface area contributed by atoms with Crippen LogP contribution in [0.3, 0.4) is 0 Å². The van der Waals surface area contributed by atoms with Crippen molar-refractivity contribution in [2.24, 2.45) is 17.8 Å². The van der Waals surface area contributed by atoms with Crippen molar-refractivity contribution in [3.05, 3.63) is 47.8 Å². The molecule has 2 aromatic rings. The molecule has 0 saturated heterocycles. The Kier molecular flexibility index (Phi) is 5.13. The van der Waals surface area contributed by atoms with Crippen molar-refractivity contribution < 1.29 is 19.8 Å². The molecule has 152 valence electrons. The summed E-state index contributed by atoms with van der Waals surface area (Å²) in [6.45, 7) is 0. The molecule has 4 unspecified atom stereocenters. The summed E-state index contributed by atoms with van der Waals surface area (Å²) in [5.41, 5.74) is 3.37. The van der Waals surface area contributed by atoms with Gasteiger partial charge in [0.25, 0.3) is 0 Å². The molecule has 2 N–H and O–H groups in total. The highest BCUT2D eigenvalue weighted by Crippen LogP contribution is 2.55. The lowest BCUT2D eigenvalue weighted by Crippen LogP contribution is -2.43. The van der Waals surface area contributed by atoms with E-state index < -0.39 is 23.9 Å². The van der Waals surface area contributed by atoms with Crippen LogP contribution in [0.15, 0.2) is 42.2 Å². The molecule has 4 rings (SSSR count). The summed E-state index contributed by atoms with van der Waals surface area (Å²) in [6, 6.07) is 7.66. The Morgan fingerprint density at radius 1 is 1.14 bits per heavy atom. The van der Waals surface area contributed by atoms with Gasteiger partial charge >= 0.3 is 11.9 Å². The molecule has 1 fully saturated rings. The minimum absolute atomic E-state index is 0.303. The first-order valence-electron chi connectivity index (χ1n) is 10.1. The lowest BCUT2D eigenvalue weighted by atomic mass is 9.78. The number of pyridine rings is 1. The summed E-state index contributed by atoms with van der Waals surface area (Å²) in [7, 11) is 3.70. The lowest BCUT2D eigenvalue weighted by molar-refractivity contribution is -0.150. The van der Waals surface area contributed by atoms with Crippen LogP contribution in [0.1, 0.15) is 31.2 Å². The van der Waals surface area contributed by atoms with Gasteiger partial charge in [-0.25, -0.2) is 0 Å². The highest BCUT2D eigenvalue weighted by molar-refractivity contribution is 5.95. The second kappa shape index (κ2) is 7.59. The first kappa shape index (κ1) is 19.6.